The number of rotatable bonds is 4. The summed E-state index contributed by atoms with van der Waals surface area (Å²) in [6.07, 6.45) is 1.08. The fourth-order valence-corrected chi connectivity index (χ4v) is 3.05. The second-order valence-corrected chi connectivity index (χ2v) is 6.57. The molecule has 0 bridgehead atoms. The molecule has 0 atom stereocenters. The van der Waals surface area contributed by atoms with Crippen LogP contribution < -0.4 is 4.90 Å². The van der Waals surface area contributed by atoms with E-state index in [1.165, 1.54) is 15.9 Å². The number of hydrogen-bond donors (Lipinski definition) is 0. The molecule has 0 unspecified atom stereocenters. The first-order chi connectivity index (χ1) is 12.4. The Balaban J connectivity index is 2.03. The van der Waals surface area contributed by atoms with Crippen molar-refractivity contribution in [2.45, 2.75) is 19.8 Å². The third-order valence-electron chi connectivity index (χ3n) is 4.37. The molecule has 0 radical (unpaired) electrons. The van der Waals surface area contributed by atoms with Gasteiger partial charge in [0.2, 0.25) is 5.91 Å². The fourth-order valence-electron chi connectivity index (χ4n) is 2.87. The first-order valence-electron chi connectivity index (χ1n) is 8.18. The van der Waals surface area contributed by atoms with Crippen molar-refractivity contribution in [2.75, 3.05) is 18.1 Å². The van der Waals surface area contributed by atoms with Crippen LogP contribution >= 0.6 is 11.6 Å². The average molecular weight is 379 g/mol. The second-order valence-electron chi connectivity index (χ2n) is 6.17. The normalized spacial score (nSPS) is 14.0. The number of hydrogen-bond acceptors (Lipinski definition) is 2. The molecule has 0 N–H and O–H groups in total. The third kappa shape index (κ3) is 3.55. The lowest BCUT2D eigenvalue weighted by molar-refractivity contribution is -0.127. The molecule has 1 aliphatic rings. The number of halogens is 3. The molecule has 2 amide bonds. The van der Waals surface area contributed by atoms with E-state index in [0.29, 0.717) is 30.1 Å². The molecule has 4 nitrogen and oxygen atoms in total. The van der Waals surface area contributed by atoms with Crippen LogP contribution in [0.4, 0.5) is 14.5 Å². The summed E-state index contributed by atoms with van der Waals surface area (Å²) in [4.78, 5) is 27.6. The van der Waals surface area contributed by atoms with Crippen LogP contribution in [0, 0.1) is 18.6 Å². The van der Waals surface area contributed by atoms with E-state index in [2.05, 4.69) is 0 Å². The zero-order chi connectivity index (χ0) is 18.8. The topological polar surface area (TPSA) is 40.6 Å². The molecule has 0 spiro atoms. The van der Waals surface area contributed by atoms with Crippen molar-refractivity contribution in [2.24, 2.45) is 0 Å². The van der Waals surface area contributed by atoms with E-state index < -0.39 is 23.1 Å². The molecule has 0 aromatic heterocycles. The van der Waals surface area contributed by atoms with E-state index >= 15 is 0 Å². The quantitative estimate of drug-likeness (QED) is 0.801. The van der Waals surface area contributed by atoms with Crippen LogP contribution in [0.25, 0.3) is 0 Å². The zero-order valence-electron chi connectivity index (χ0n) is 14.1. The number of aryl methyl sites for hydroxylation is 1. The van der Waals surface area contributed by atoms with Gasteiger partial charge in [-0.05, 0) is 43.2 Å². The minimum Gasteiger partial charge on any atom is -0.324 e. The maximum absolute atomic E-state index is 14.1. The smallest absolute Gasteiger partial charge is 0.265 e. The summed E-state index contributed by atoms with van der Waals surface area (Å²) >= 11 is 6.15. The molecule has 2 aromatic carbocycles. The Morgan fingerprint density at radius 1 is 1.23 bits per heavy atom. The molecule has 0 aliphatic carbocycles. The zero-order valence-corrected chi connectivity index (χ0v) is 14.9. The molecule has 1 heterocycles. The summed E-state index contributed by atoms with van der Waals surface area (Å²) in [5.74, 6) is -2.87. The predicted octanol–water partition coefficient (Wildman–Crippen LogP) is 4.15. The number of benzene rings is 2. The lowest BCUT2D eigenvalue weighted by atomic mass is 10.1. The van der Waals surface area contributed by atoms with Crippen molar-refractivity contribution in [3.8, 4) is 0 Å². The first kappa shape index (κ1) is 18.3. The van der Waals surface area contributed by atoms with Gasteiger partial charge in [-0.25, -0.2) is 8.78 Å². The molecular formula is C19H17ClF2N2O2. The predicted molar refractivity (Wildman–Crippen MR) is 95.2 cm³/mol. The van der Waals surface area contributed by atoms with Crippen molar-refractivity contribution in [1.29, 1.82) is 0 Å². The Morgan fingerprint density at radius 2 is 1.92 bits per heavy atom. The van der Waals surface area contributed by atoms with Crippen LogP contribution in [0.15, 0.2) is 36.4 Å². The Bertz CT molecular complexity index is 852. The largest absolute Gasteiger partial charge is 0.324 e. The monoisotopic (exact) mass is 378 g/mol. The van der Waals surface area contributed by atoms with Gasteiger partial charge in [0.05, 0.1) is 0 Å². The Kier molecular flexibility index (Phi) is 5.23. The van der Waals surface area contributed by atoms with E-state index in [0.717, 1.165) is 17.7 Å². The van der Waals surface area contributed by atoms with E-state index in [4.69, 9.17) is 11.6 Å². The third-order valence-corrected chi connectivity index (χ3v) is 4.78. The number of amides is 2. The highest BCUT2D eigenvalue weighted by Gasteiger charge is 2.29. The SMILES string of the molecule is Cc1ccc(N(CN2CCCC2=O)C(=O)c2c(F)cccc2F)cc1Cl. The highest BCUT2D eigenvalue weighted by atomic mass is 35.5. The summed E-state index contributed by atoms with van der Waals surface area (Å²) in [7, 11) is 0. The van der Waals surface area contributed by atoms with Gasteiger partial charge in [-0.1, -0.05) is 23.7 Å². The molecule has 136 valence electrons. The van der Waals surface area contributed by atoms with Crippen LogP contribution in [0.2, 0.25) is 5.02 Å². The number of carbonyl (C=O) groups is 2. The highest BCUT2D eigenvalue weighted by molar-refractivity contribution is 6.31. The first-order valence-corrected chi connectivity index (χ1v) is 8.56. The van der Waals surface area contributed by atoms with E-state index in [-0.39, 0.29) is 12.6 Å². The minimum absolute atomic E-state index is 0.0924. The maximum Gasteiger partial charge on any atom is 0.265 e. The lowest BCUT2D eigenvalue weighted by Crippen LogP contribution is -2.43. The standard InChI is InChI=1S/C19H17ClF2N2O2/c1-12-7-8-13(10-14(12)20)24(11-23-9-3-6-17(23)25)19(26)18-15(21)4-2-5-16(18)22/h2,4-5,7-8,10H,3,6,9,11H2,1H3. The average Bonchev–Trinajstić information content (AvgIpc) is 3.00. The van der Waals surface area contributed by atoms with Gasteiger partial charge in [0.15, 0.2) is 0 Å². The molecule has 3 rings (SSSR count). The van der Waals surface area contributed by atoms with Gasteiger partial charge < -0.3 is 4.90 Å². The lowest BCUT2D eigenvalue weighted by Gasteiger charge is -2.28. The summed E-state index contributed by atoms with van der Waals surface area (Å²) in [5.41, 5.74) is 0.515. The molecule has 1 saturated heterocycles. The van der Waals surface area contributed by atoms with Crippen molar-refractivity contribution in [3.05, 3.63) is 64.2 Å². The Morgan fingerprint density at radius 3 is 2.50 bits per heavy atom. The van der Waals surface area contributed by atoms with Crippen LogP contribution in [0.5, 0.6) is 0 Å². The van der Waals surface area contributed by atoms with E-state index in [1.807, 2.05) is 0 Å². The number of nitrogens with zero attached hydrogens (tertiary/aromatic N) is 2. The van der Waals surface area contributed by atoms with Gasteiger partial charge in [-0.3, -0.25) is 14.5 Å². The summed E-state index contributed by atoms with van der Waals surface area (Å²) < 4.78 is 28.2. The number of anilines is 1. The van der Waals surface area contributed by atoms with Gasteiger partial charge in [-0.15, -0.1) is 0 Å². The van der Waals surface area contributed by atoms with E-state index in [1.54, 1.807) is 25.1 Å². The molecule has 1 fully saturated rings. The number of likely N-dealkylation sites (tertiary alicyclic amines) is 1. The van der Waals surface area contributed by atoms with Crippen LogP contribution in [0.3, 0.4) is 0 Å². The van der Waals surface area contributed by atoms with Gasteiger partial charge in [0, 0.05) is 23.7 Å². The second kappa shape index (κ2) is 7.41. The molecule has 0 saturated carbocycles. The Hall–Kier alpha value is -2.47. The van der Waals surface area contributed by atoms with Crippen molar-refractivity contribution in [1.82, 2.24) is 4.90 Å². The van der Waals surface area contributed by atoms with Crippen LogP contribution in [-0.2, 0) is 4.79 Å². The molecule has 26 heavy (non-hydrogen) atoms. The minimum atomic E-state index is -0.953. The molecule has 7 heteroatoms. The molecule has 2 aromatic rings. The van der Waals surface area contributed by atoms with Crippen LogP contribution in [-0.4, -0.2) is 29.9 Å². The van der Waals surface area contributed by atoms with Crippen LogP contribution in [0.1, 0.15) is 28.8 Å². The summed E-state index contributed by atoms with van der Waals surface area (Å²) in [6.45, 7) is 2.20. The highest BCUT2D eigenvalue weighted by Crippen LogP contribution is 2.27. The van der Waals surface area contributed by atoms with E-state index in [9.17, 15) is 18.4 Å². The van der Waals surface area contributed by atoms with Crippen molar-refractivity contribution >= 4 is 29.1 Å². The van der Waals surface area contributed by atoms with Gasteiger partial charge >= 0.3 is 0 Å². The van der Waals surface area contributed by atoms with Crippen molar-refractivity contribution < 1.29 is 18.4 Å². The maximum atomic E-state index is 14.1. The summed E-state index contributed by atoms with van der Waals surface area (Å²) in [6, 6.07) is 8.14. The Labute approximate surface area is 155 Å². The van der Waals surface area contributed by atoms with Gasteiger partial charge in [0.1, 0.15) is 23.9 Å². The van der Waals surface area contributed by atoms with Gasteiger partial charge in [-0.2, -0.15) is 0 Å². The van der Waals surface area contributed by atoms with Gasteiger partial charge in [0.25, 0.3) is 5.91 Å². The molecule has 1 aliphatic heterocycles. The number of carbonyl (C=O) groups excluding carboxylic acids is 2. The molecular weight excluding hydrogens is 362 g/mol. The fraction of sp³-hybridized carbons (Fsp3) is 0.263. The van der Waals surface area contributed by atoms with Crippen molar-refractivity contribution in [3.63, 3.8) is 0 Å². The summed E-state index contributed by atoms with van der Waals surface area (Å²) in [5, 5.41) is 0.419.